The van der Waals surface area contributed by atoms with Crippen molar-refractivity contribution in [3.05, 3.63) is 18.2 Å². The molecule has 0 bridgehead atoms. The van der Waals surface area contributed by atoms with Gasteiger partial charge in [0.05, 0.1) is 0 Å². The van der Waals surface area contributed by atoms with E-state index >= 15 is 0 Å². The van der Waals surface area contributed by atoms with Gasteiger partial charge in [0.2, 0.25) is 0 Å². The van der Waals surface area contributed by atoms with Crippen LogP contribution in [0.2, 0.25) is 0 Å². The molecule has 0 saturated heterocycles. The molecule has 0 spiro atoms. The van der Waals surface area contributed by atoms with Crippen molar-refractivity contribution in [1.82, 2.24) is 0 Å². The third-order valence-corrected chi connectivity index (χ3v) is 2.96. The first-order valence-corrected chi connectivity index (χ1v) is 5.82. The van der Waals surface area contributed by atoms with Crippen molar-refractivity contribution in [2.75, 3.05) is 0 Å². The summed E-state index contributed by atoms with van der Waals surface area (Å²) in [6, 6.07) is 2.38. The van der Waals surface area contributed by atoms with Gasteiger partial charge in [-0.25, -0.2) is 0 Å². The molecule has 0 radical (unpaired) electrons. The SMILES string of the molecule is O=[Se](=O)([O-])c1ccc([O-])c(O)c1. The fraction of sp³-hybridized carbons (Fsp3) is 0. The minimum atomic E-state index is -5.31. The molecule has 1 N–H and O–H groups in total. The number of phenolic OH excluding ortho intramolecular Hbond substituents is 1. The zero-order valence-corrected chi connectivity index (χ0v) is 7.43. The predicted octanol–water partition coefficient (Wildman–Crippen LogP) is -2.17. The first kappa shape index (κ1) is 8.99. The van der Waals surface area contributed by atoms with Crippen molar-refractivity contribution in [2.45, 2.75) is 0 Å². The van der Waals surface area contributed by atoms with Crippen LogP contribution in [0.4, 0.5) is 0 Å². The van der Waals surface area contributed by atoms with Crippen LogP contribution in [0, 0.1) is 0 Å². The fourth-order valence-electron chi connectivity index (χ4n) is 0.653. The molecule has 0 heterocycles. The summed E-state index contributed by atoms with van der Waals surface area (Å²) >= 11 is -5.31. The third kappa shape index (κ3) is 1.73. The molecule has 0 aliphatic carbocycles. The summed E-state index contributed by atoms with van der Waals surface area (Å²) in [6.45, 7) is 0. The van der Waals surface area contributed by atoms with Crippen LogP contribution >= 0.6 is 0 Å². The van der Waals surface area contributed by atoms with E-state index in [2.05, 4.69) is 0 Å². The number of phenols is 1. The van der Waals surface area contributed by atoms with E-state index in [0.29, 0.717) is 6.07 Å². The van der Waals surface area contributed by atoms with Crippen LogP contribution in [0.1, 0.15) is 0 Å². The molecule has 6 heteroatoms. The normalized spacial score (nSPS) is 11.4. The molecule has 1 rings (SSSR count). The summed E-state index contributed by atoms with van der Waals surface area (Å²) in [5.74, 6) is -1.43. The monoisotopic (exact) mass is 236 g/mol. The van der Waals surface area contributed by atoms with Gasteiger partial charge in [-0.3, -0.25) is 0 Å². The maximum atomic E-state index is 10.6. The van der Waals surface area contributed by atoms with Crippen molar-refractivity contribution in [2.24, 2.45) is 0 Å². The summed E-state index contributed by atoms with van der Waals surface area (Å²) in [6.07, 6.45) is 0. The number of aromatic hydroxyl groups is 1. The predicted molar refractivity (Wildman–Crippen MR) is 34.3 cm³/mol. The van der Waals surface area contributed by atoms with Crippen molar-refractivity contribution in [3.8, 4) is 11.5 Å². The Morgan fingerprint density at radius 2 is 1.92 bits per heavy atom. The second-order valence-electron chi connectivity index (χ2n) is 2.08. The van der Waals surface area contributed by atoms with Crippen LogP contribution < -0.4 is 13.8 Å². The molecule has 0 aromatic heterocycles. The average Bonchev–Trinajstić information content (AvgIpc) is 1.92. The van der Waals surface area contributed by atoms with E-state index in [1.807, 2.05) is 0 Å². The summed E-state index contributed by atoms with van der Waals surface area (Å²) in [7, 11) is 0. The Morgan fingerprint density at radius 3 is 2.33 bits per heavy atom. The Labute approximate surface area is 69.9 Å². The van der Waals surface area contributed by atoms with E-state index in [1.165, 1.54) is 0 Å². The van der Waals surface area contributed by atoms with Crippen LogP contribution in [0.5, 0.6) is 11.5 Å². The molecule has 1 aromatic rings. The summed E-state index contributed by atoms with van der Waals surface area (Å²) in [4.78, 5) is 0. The first-order chi connectivity index (χ1) is 5.41. The topological polar surface area (TPSA) is 100 Å². The molecule has 0 aliphatic rings. The Morgan fingerprint density at radius 1 is 1.33 bits per heavy atom. The van der Waals surface area contributed by atoms with E-state index in [-0.39, 0.29) is 0 Å². The molecule has 0 saturated carbocycles. The van der Waals surface area contributed by atoms with Crippen molar-refractivity contribution < 1.29 is 22.1 Å². The van der Waals surface area contributed by atoms with Crippen molar-refractivity contribution in [3.63, 3.8) is 0 Å². The molecule has 1 aromatic carbocycles. The van der Waals surface area contributed by atoms with E-state index < -0.39 is 29.0 Å². The molecular weight excluding hydrogens is 231 g/mol. The van der Waals surface area contributed by atoms with Gasteiger partial charge in [0.15, 0.2) is 0 Å². The van der Waals surface area contributed by atoms with E-state index in [9.17, 15) is 17.0 Å². The molecule has 66 valence electrons. The van der Waals surface area contributed by atoms with E-state index in [1.54, 1.807) is 0 Å². The van der Waals surface area contributed by atoms with Crippen LogP contribution in [0.25, 0.3) is 0 Å². The quantitative estimate of drug-likeness (QED) is 0.558. The molecule has 0 unspecified atom stereocenters. The summed E-state index contributed by atoms with van der Waals surface area (Å²) < 4.78 is 30.7. The van der Waals surface area contributed by atoms with Gasteiger partial charge in [0.25, 0.3) is 0 Å². The second kappa shape index (κ2) is 2.75. The Kier molecular flexibility index (Phi) is 2.06. The van der Waals surface area contributed by atoms with Crippen LogP contribution in [0.3, 0.4) is 0 Å². The van der Waals surface area contributed by atoms with Crippen molar-refractivity contribution >= 4 is 17.5 Å². The zero-order valence-electron chi connectivity index (χ0n) is 5.72. The Hall–Kier alpha value is -1.10. The van der Waals surface area contributed by atoms with Gasteiger partial charge in [0.1, 0.15) is 0 Å². The van der Waals surface area contributed by atoms with E-state index in [4.69, 9.17) is 5.11 Å². The van der Waals surface area contributed by atoms with Crippen LogP contribution in [-0.4, -0.2) is 18.1 Å². The van der Waals surface area contributed by atoms with Gasteiger partial charge in [-0.2, -0.15) is 0 Å². The van der Waals surface area contributed by atoms with Gasteiger partial charge < -0.3 is 0 Å². The van der Waals surface area contributed by atoms with Gasteiger partial charge in [-0.05, 0) is 0 Å². The van der Waals surface area contributed by atoms with Crippen molar-refractivity contribution in [1.29, 1.82) is 0 Å². The van der Waals surface area contributed by atoms with Gasteiger partial charge >= 0.3 is 69.3 Å². The molecule has 0 aliphatic heterocycles. The first-order valence-electron chi connectivity index (χ1n) is 2.87. The number of benzene rings is 1. The molecule has 0 atom stereocenters. The Bertz CT molecular complexity index is 394. The molecule has 5 nitrogen and oxygen atoms in total. The number of hydrogen-bond acceptors (Lipinski definition) is 5. The Balaban J connectivity index is 3.33. The molecular formula is C6H4O5Se-2. The third-order valence-electron chi connectivity index (χ3n) is 1.22. The molecule has 12 heavy (non-hydrogen) atoms. The van der Waals surface area contributed by atoms with Crippen LogP contribution in [-0.2, 0) is 7.67 Å². The average molecular weight is 235 g/mol. The molecule has 0 amide bonds. The van der Waals surface area contributed by atoms with Crippen LogP contribution in [0.15, 0.2) is 18.2 Å². The summed E-state index contributed by atoms with van der Waals surface area (Å²) in [5, 5.41) is 19.3. The fourth-order valence-corrected chi connectivity index (χ4v) is 1.68. The minimum absolute atomic E-state index is 0.539. The van der Waals surface area contributed by atoms with Gasteiger partial charge in [-0.1, -0.05) is 0 Å². The second-order valence-corrected chi connectivity index (χ2v) is 4.98. The van der Waals surface area contributed by atoms with Gasteiger partial charge in [-0.15, -0.1) is 0 Å². The standard InChI is InChI=1S/C6H6O5Se/c7-5-2-1-4(3-6(5)8)12(9,10)11/h1-3,7-8H,(H,9,10,11)/p-2. The van der Waals surface area contributed by atoms with E-state index in [0.717, 1.165) is 12.1 Å². The van der Waals surface area contributed by atoms with Gasteiger partial charge in [0, 0.05) is 0 Å². The maximum absolute atomic E-state index is 10.6. The summed E-state index contributed by atoms with van der Waals surface area (Å²) in [5.41, 5.74) is 0. The zero-order chi connectivity index (χ0) is 9.35. The number of rotatable bonds is 1. The molecule has 0 fully saturated rings. The number of hydrogen-bond donors (Lipinski definition) is 1.